The fraction of sp³-hybridized carbons (Fsp3) is 0.625. The summed E-state index contributed by atoms with van der Waals surface area (Å²) in [6, 6.07) is 4.38. The molecular formula is C16H24F3NO. The third-order valence-electron chi connectivity index (χ3n) is 3.58. The van der Waals surface area contributed by atoms with Crippen LogP contribution in [0.15, 0.2) is 12.1 Å². The summed E-state index contributed by atoms with van der Waals surface area (Å²) in [5.41, 5.74) is 4.94. The predicted octanol–water partition coefficient (Wildman–Crippen LogP) is 3.71. The summed E-state index contributed by atoms with van der Waals surface area (Å²) in [6.07, 6.45) is -2.90. The number of hydrogen-bond acceptors (Lipinski definition) is 2. The van der Waals surface area contributed by atoms with Crippen LogP contribution in [-0.4, -0.2) is 32.5 Å². The minimum Gasteiger partial charge on any atom is -0.372 e. The van der Waals surface area contributed by atoms with Crippen molar-refractivity contribution in [2.45, 2.75) is 45.8 Å². The lowest BCUT2D eigenvalue weighted by atomic mass is 9.93. The second-order valence-corrected chi connectivity index (χ2v) is 5.52. The number of ether oxygens (including phenoxy) is 1. The first kappa shape index (κ1) is 18.0. The Balaban J connectivity index is 2.55. The number of rotatable bonds is 7. The maximum Gasteiger partial charge on any atom is 0.411 e. The van der Waals surface area contributed by atoms with Crippen molar-refractivity contribution in [3.05, 3.63) is 34.4 Å². The quantitative estimate of drug-likeness (QED) is 0.775. The van der Waals surface area contributed by atoms with Crippen LogP contribution in [0.4, 0.5) is 13.2 Å². The highest BCUT2D eigenvalue weighted by Gasteiger charge is 2.27. The molecule has 0 fully saturated rings. The summed E-state index contributed by atoms with van der Waals surface area (Å²) in [4.78, 5) is 0. The summed E-state index contributed by atoms with van der Waals surface area (Å²) in [5, 5.41) is 3.16. The van der Waals surface area contributed by atoms with Gasteiger partial charge in [-0.1, -0.05) is 17.7 Å². The summed E-state index contributed by atoms with van der Waals surface area (Å²) < 4.78 is 40.7. The van der Waals surface area contributed by atoms with E-state index >= 15 is 0 Å². The van der Waals surface area contributed by atoms with Gasteiger partial charge in [0.05, 0.1) is 0 Å². The average molecular weight is 303 g/mol. The minimum absolute atomic E-state index is 0.106. The number of aryl methyl sites for hydroxylation is 3. The molecule has 0 radical (unpaired) electrons. The molecule has 1 unspecified atom stereocenters. The largest absolute Gasteiger partial charge is 0.411 e. The molecule has 1 atom stereocenters. The van der Waals surface area contributed by atoms with Crippen molar-refractivity contribution in [3.8, 4) is 0 Å². The summed E-state index contributed by atoms with van der Waals surface area (Å²) in [6.45, 7) is 5.13. The smallest absolute Gasteiger partial charge is 0.372 e. The molecule has 0 saturated carbocycles. The van der Waals surface area contributed by atoms with Crippen LogP contribution < -0.4 is 5.32 Å². The number of nitrogens with one attached hydrogen (secondary N) is 1. The van der Waals surface area contributed by atoms with Crippen LogP contribution >= 0.6 is 0 Å². The van der Waals surface area contributed by atoms with Gasteiger partial charge in [0.15, 0.2) is 0 Å². The molecule has 1 aromatic carbocycles. The second kappa shape index (κ2) is 7.80. The Kier molecular flexibility index (Phi) is 6.68. The number of halogens is 3. The molecule has 0 aliphatic rings. The van der Waals surface area contributed by atoms with Crippen LogP contribution in [0.2, 0.25) is 0 Å². The summed E-state index contributed by atoms with van der Waals surface area (Å²) >= 11 is 0. The van der Waals surface area contributed by atoms with Crippen LogP contribution in [0.1, 0.15) is 28.7 Å². The maximum atomic E-state index is 12.0. The van der Waals surface area contributed by atoms with Gasteiger partial charge in [0.1, 0.15) is 6.61 Å². The van der Waals surface area contributed by atoms with Crippen LogP contribution in [-0.2, 0) is 11.2 Å². The van der Waals surface area contributed by atoms with Crippen molar-refractivity contribution in [3.63, 3.8) is 0 Å². The van der Waals surface area contributed by atoms with Gasteiger partial charge < -0.3 is 10.1 Å². The number of likely N-dealkylation sites (N-methyl/N-ethyl adjacent to an activating group) is 1. The lowest BCUT2D eigenvalue weighted by Crippen LogP contribution is -2.30. The van der Waals surface area contributed by atoms with E-state index in [4.69, 9.17) is 0 Å². The zero-order chi connectivity index (χ0) is 16.0. The summed E-state index contributed by atoms with van der Waals surface area (Å²) in [7, 11) is 1.83. The van der Waals surface area contributed by atoms with Crippen LogP contribution in [0.5, 0.6) is 0 Å². The van der Waals surface area contributed by atoms with Gasteiger partial charge in [0.25, 0.3) is 0 Å². The molecule has 0 aromatic heterocycles. The van der Waals surface area contributed by atoms with Gasteiger partial charge in [-0.25, -0.2) is 0 Å². The molecule has 0 spiro atoms. The molecule has 0 saturated heterocycles. The van der Waals surface area contributed by atoms with Crippen LogP contribution in [0.3, 0.4) is 0 Å². The van der Waals surface area contributed by atoms with E-state index in [0.29, 0.717) is 6.42 Å². The van der Waals surface area contributed by atoms with Crippen molar-refractivity contribution >= 4 is 0 Å². The normalized spacial score (nSPS) is 13.5. The Labute approximate surface area is 124 Å². The van der Waals surface area contributed by atoms with Gasteiger partial charge in [-0.05, 0) is 57.4 Å². The Morgan fingerprint density at radius 1 is 1.14 bits per heavy atom. The molecule has 0 amide bonds. The third kappa shape index (κ3) is 6.48. The third-order valence-corrected chi connectivity index (χ3v) is 3.58. The van der Waals surface area contributed by atoms with Crippen molar-refractivity contribution in [2.75, 3.05) is 20.3 Å². The molecule has 21 heavy (non-hydrogen) atoms. The first-order chi connectivity index (χ1) is 9.73. The first-order valence-corrected chi connectivity index (χ1v) is 7.11. The van der Waals surface area contributed by atoms with Gasteiger partial charge in [-0.2, -0.15) is 13.2 Å². The molecule has 5 heteroatoms. The molecule has 0 heterocycles. The van der Waals surface area contributed by atoms with Crippen LogP contribution in [0.25, 0.3) is 0 Å². The van der Waals surface area contributed by atoms with E-state index in [2.05, 4.69) is 43.0 Å². The Morgan fingerprint density at radius 3 is 2.19 bits per heavy atom. The second-order valence-electron chi connectivity index (χ2n) is 5.52. The average Bonchev–Trinajstić information content (AvgIpc) is 2.34. The Morgan fingerprint density at radius 2 is 1.71 bits per heavy atom. The van der Waals surface area contributed by atoms with E-state index in [1.165, 1.54) is 22.3 Å². The maximum absolute atomic E-state index is 12.0. The van der Waals surface area contributed by atoms with Gasteiger partial charge in [-0.15, -0.1) is 0 Å². The fourth-order valence-electron chi connectivity index (χ4n) is 2.54. The van der Waals surface area contributed by atoms with Crippen molar-refractivity contribution in [1.82, 2.24) is 5.32 Å². The first-order valence-electron chi connectivity index (χ1n) is 7.11. The molecule has 1 aromatic rings. The van der Waals surface area contributed by atoms with Crippen molar-refractivity contribution < 1.29 is 17.9 Å². The number of hydrogen-bond donors (Lipinski definition) is 1. The lowest BCUT2D eigenvalue weighted by molar-refractivity contribution is -0.174. The highest BCUT2D eigenvalue weighted by molar-refractivity contribution is 5.38. The Bertz CT molecular complexity index is 434. The number of alkyl halides is 3. The van der Waals surface area contributed by atoms with Crippen molar-refractivity contribution in [1.29, 1.82) is 0 Å². The van der Waals surface area contributed by atoms with E-state index < -0.39 is 12.8 Å². The van der Waals surface area contributed by atoms with Gasteiger partial charge >= 0.3 is 6.18 Å². The van der Waals surface area contributed by atoms with E-state index in [0.717, 1.165) is 6.42 Å². The molecule has 2 nitrogen and oxygen atoms in total. The molecule has 1 N–H and O–H groups in total. The van der Waals surface area contributed by atoms with Gasteiger partial charge in [0.2, 0.25) is 0 Å². The lowest BCUT2D eigenvalue weighted by Gasteiger charge is -2.20. The molecule has 1 rings (SSSR count). The minimum atomic E-state index is -4.25. The highest BCUT2D eigenvalue weighted by atomic mass is 19.4. The molecule has 0 aliphatic carbocycles. The molecular weight excluding hydrogens is 279 g/mol. The standard InChI is InChI=1S/C16H24F3NO/c1-11-7-12(2)15(13(3)8-11)9-14(20-4)5-6-21-10-16(17,18)19/h7-8,14,20H,5-6,9-10H2,1-4H3. The van der Waals surface area contributed by atoms with Crippen molar-refractivity contribution in [2.24, 2.45) is 0 Å². The zero-order valence-electron chi connectivity index (χ0n) is 13.1. The van der Waals surface area contributed by atoms with E-state index in [1.807, 2.05) is 7.05 Å². The Hall–Kier alpha value is -1.07. The molecule has 0 bridgehead atoms. The fourth-order valence-corrected chi connectivity index (χ4v) is 2.54. The van der Waals surface area contributed by atoms with E-state index in [1.54, 1.807) is 0 Å². The molecule has 120 valence electrons. The zero-order valence-corrected chi connectivity index (χ0v) is 13.1. The van der Waals surface area contributed by atoms with E-state index in [9.17, 15) is 13.2 Å². The van der Waals surface area contributed by atoms with E-state index in [-0.39, 0.29) is 12.6 Å². The van der Waals surface area contributed by atoms with Crippen LogP contribution in [0, 0.1) is 20.8 Å². The summed E-state index contributed by atoms with van der Waals surface area (Å²) in [5.74, 6) is 0. The molecule has 0 aliphatic heterocycles. The topological polar surface area (TPSA) is 21.3 Å². The SMILES string of the molecule is CNC(CCOCC(F)(F)F)Cc1c(C)cc(C)cc1C. The number of benzene rings is 1. The monoisotopic (exact) mass is 303 g/mol. The predicted molar refractivity (Wildman–Crippen MR) is 78.7 cm³/mol. The van der Waals surface area contributed by atoms with Gasteiger partial charge in [0, 0.05) is 12.6 Å². The highest BCUT2D eigenvalue weighted by Crippen LogP contribution is 2.19. The van der Waals surface area contributed by atoms with Gasteiger partial charge in [-0.3, -0.25) is 0 Å².